The highest BCUT2D eigenvalue weighted by molar-refractivity contribution is 7.98. The summed E-state index contributed by atoms with van der Waals surface area (Å²) < 4.78 is 2.32. The highest BCUT2D eigenvalue weighted by Crippen LogP contribution is 2.33. The van der Waals surface area contributed by atoms with E-state index in [-0.39, 0.29) is 11.8 Å². The van der Waals surface area contributed by atoms with Crippen LogP contribution in [0.5, 0.6) is 0 Å². The number of carbonyl (C=O) groups is 2. The summed E-state index contributed by atoms with van der Waals surface area (Å²) in [4.78, 5) is 26.3. The molecule has 1 saturated heterocycles. The van der Waals surface area contributed by atoms with Crippen molar-refractivity contribution in [1.29, 1.82) is 0 Å². The maximum Gasteiger partial charge on any atom is 0.251 e. The summed E-state index contributed by atoms with van der Waals surface area (Å²) in [7, 11) is 0. The Hall–Kier alpha value is -2.35. The lowest BCUT2D eigenvalue weighted by Crippen LogP contribution is -2.26. The molecule has 1 aromatic carbocycles. The number of thioether (sulfide) groups is 1. The normalized spacial score (nSPS) is 16.9. The summed E-state index contributed by atoms with van der Waals surface area (Å²) in [6.07, 6.45) is 10.2. The maximum atomic E-state index is 12.6. The number of hydrogen-bond acceptors (Lipinski definition) is 5. The van der Waals surface area contributed by atoms with E-state index < -0.39 is 0 Å². The summed E-state index contributed by atoms with van der Waals surface area (Å²) in [5, 5.41) is 12.8. The van der Waals surface area contributed by atoms with Crippen LogP contribution in [0.2, 0.25) is 0 Å². The van der Waals surface area contributed by atoms with E-state index in [2.05, 4.69) is 20.1 Å². The van der Waals surface area contributed by atoms with Crippen molar-refractivity contribution in [2.45, 2.75) is 69.1 Å². The smallest absolute Gasteiger partial charge is 0.251 e. The SMILES string of the molecule is CSc1nnc(CCCNC(=O)c2cccc(CN3CCCC3=O)c2)n1C1CCCC1. The second-order valence-electron chi connectivity index (χ2n) is 8.39. The van der Waals surface area contributed by atoms with Crippen molar-refractivity contribution in [3.05, 3.63) is 41.2 Å². The van der Waals surface area contributed by atoms with Gasteiger partial charge in [-0.2, -0.15) is 0 Å². The number of nitrogens with zero attached hydrogens (tertiary/aromatic N) is 4. The van der Waals surface area contributed by atoms with Gasteiger partial charge in [-0.3, -0.25) is 9.59 Å². The molecule has 1 saturated carbocycles. The maximum absolute atomic E-state index is 12.6. The Bertz CT molecular complexity index is 922. The van der Waals surface area contributed by atoms with Crippen molar-refractivity contribution in [3.8, 4) is 0 Å². The number of carbonyl (C=O) groups excluding carboxylic acids is 2. The molecule has 0 unspecified atom stereocenters. The number of nitrogens with one attached hydrogen (secondary N) is 1. The first kappa shape index (κ1) is 21.9. The Kier molecular flexibility index (Phi) is 7.27. The van der Waals surface area contributed by atoms with Gasteiger partial charge < -0.3 is 14.8 Å². The largest absolute Gasteiger partial charge is 0.352 e. The van der Waals surface area contributed by atoms with Gasteiger partial charge in [0.05, 0.1) is 0 Å². The predicted molar refractivity (Wildman–Crippen MR) is 121 cm³/mol. The number of likely N-dealkylation sites (tertiary alicyclic amines) is 1. The highest BCUT2D eigenvalue weighted by atomic mass is 32.2. The van der Waals surface area contributed by atoms with E-state index in [1.807, 2.05) is 35.4 Å². The molecule has 2 fully saturated rings. The van der Waals surface area contributed by atoms with Gasteiger partial charge in [0.15, 0.2) is 5.16 Å². The molecule has 0 spiro atoms. The molecule has 8 heteroatoms. The Morgan fingerprint density at radius 1 is 1.23 bits per heavy atom. The van der Waals surface area contributed by atoms with Crippen LogP contribution < -0.4 is 5.32 Å². The molecule has 1 aliphatic heterocycles. The first-order valence-electron chi connectivity index (χ1n) is 11.3. The average Bonchev–Trinajstić information content (AvgIpc) is 3.53. The Morgan fingerprint density at radius 2 is 2.06 bits per heavy atom. The van der Waals surface area contributed by atoms with Crippen LogP contribution >= 0.6 is 11.8 Å². The molecule has 2 aliphatic rings. The van der Waals surface area contributed by atoms with E-state index >= 15 is 0 Å². The molecule has 1 N–H and O–H groups in total. The molecular formula is C23H31N5O2S. The van der Waals surface area contributed by atoms with E-state index in [1.165, 1.54) is 25.7 Å². The molecule has 166 valence electrons. The third-order valence-corrected chi connectivity index (χ3v) is 6.85. The molecule has 2 aromatic rings. The number of amides is 2. The van der Waals surface area contributed by atoms with Crippen molar-refractivity contribution < 1.29 is 9.59 Å². The zero-order valence-electron chi connectivity index (χ0n) is 18.2. The predicted octanol–water partition coefficient (Wildman–Crippen LogP) is 3.60. The van der Waals surface area contributed by atoms with Crippen LogP contribution in [-0.2, 0) is 17.8 Å². The molecule has 7 nitrogen and oxygen atoms in total. The van der Waals surface area contributed by atoms with Gasteiger partial charge in [-0.25, -0.2) is 0 Å². The van der Waals surface area contributed by atoms with Crippen LogP contribution in [0, 0.1) is 0 Å². The van der Waals surface area contributed by atoms with E-state index in [4.69, 9.17) is 0 Å². The van der Waals surface area contributed by atoms with Gasteiger partial charge >= 0.3 is 0 Å². The lowest BCUT2D eigenvalue weighted by molar-refractivity contribution is -0.128. The lowest BCUT2D eigenvalue weighted by atomic mass is 10.1. The van der Waals surface area contributed by atoms with Gasteiger partial charge in [0.2, 0.25) is 5.91 Å². The first-order chi connectivity index (χ1) is 15.2. The number of aromatic nitrogens is 3. The fourth-order valence-electron chi connectivity index (χ4n) is 4.60. The topological polar surface area (TPSA) is 80.1 Å². The number of hydrogen-bond donors (Lipinski definition) is 1. The summed E-state index contributed by atoms with van der Waals surface area (Å²) in [5.41, 5.74) is 1.64. The molecule has 31 heavy (non-hydrogen) atoms. The minimum absolute atomic E-state index is 0.0725. The zero-order chi connectivity index (χ0) is 21.6. The number of rotatable bonds is 9. The summed E-state index contributed by atoms with van der Waals surface area (Å²) in [5.74, 6) is 1.16. The molecule has 0 bridgehead atoms. The summed E-state index contributed by atoms with van der Waals surface area (Å²) in [6, 6.07) is 8.10. The van der Waals surface area contributed by atoms with Crippen LogP contribution in [0.3, 0.4) is 0 Å². The number of aryl methyl sites for hydroxylation is 1. The van der Waals surface area contributed by atoms with Crippen molar-refractivity contribution in [1.82, 2.24) is 25.0 Å². The lowest BCUT2D eigenvalue weighted by Gasteiger charge is -2.16. The van der Waals surface area contributed by atoms with Crippen LogP contribution in [0.4, 0.5) is 0 Å². The fraction of sp³-hybridized carbons (Fsp3) is 0.565. The van der Waals surface area contributed by atoms with Gasteiger partial charge in [-0.15, -0.1) is 10.2 Å². The second-order valence-corrected chi connectivity index (χ2v) is 9.16. The van der Waals surface area contributed by atoms with E-state index in [9.17, 15) is 9.59 Å². The first-order valence-corrected chi connectivity index (χ1v) is 12.5. The van der Waals surface area contributed by atoms with Crippen LogP contribution in [0.15, 0.2) is 29.4 Å². The quantitative estimate of drug-likeness (QED) is 0.475. The van der Waals surface area contributed by atoms with Gasteiger partial charge in [0.25, 0.3) is 5.91 Å². The third kappa shape index (κ3) is 5.29. The van der Waals surface area contributed by atoms with Gasteiger partial charge in [0, 0.05) is 44.1 Å². The van der Waals surface area contributed by atoms with E-state index in [0.717, 1.165) is 42.4 Å². The van der Waals surface area contributed by atoms with E-state index in [1.54, 1.807) is 11.8 Å². The summed E-state index contributed by atoms with van der Waals surface area (Å²) >= 11 is 1.65. The van der Waals surface area contributed by atoms with Crippen LogP contribution in [-0.4, -0.2) is 50.8 Å². The van der Waals surface area contributed by atoms with E-state index in [0.29, 0.717) is 31.1 Å². The van der Waals surface area contributed by atoms with Gasteiger partial charge in [-0.05, 0) is 49.6 Å². The monoisotopic (exact) mass is 441 g/mol. The van der Waals surface area contributed by atoms with Gasteiger partial charge in [0.1, 0.15) is 5.82 Å². The Morgan fingerprint density at radius 3 is 2.81 bits per heavy atom. The molecule has 0 radical (unpaired) electrons. The molecular weight excluding hydrogens is 410 g/mol. The molecule has 0 atom stereocenters. The highest BCUT2D eigenvalue weighted by Gasteiger charge is 2.23. The molecule has 1 aliphatic carbocycles. The standard InChI is InChI=1S/C23H31N5O2S/c1-31-23-26-25-20(28(23)19-9-2-3-10-19)11-5-13-24-22(30)18-8-4-7-17(15-18)16-27-14-6-12-21(27)29/h4,7-8,15,19H,2-3,5-6,9-14,16H2,1H3,(H,24,30). The minimum Gasteiger partial charge on any atom is -0.352 e. The van der Waals surface area contributed by atoms with Crippen molar-refractivity contribution in [3.63, 3.8) is 0 Å². The summed E-state index contributed by atoms with van der Waals surface area (Å²) in [6.45, 7) is 1.98. The zero-order valence-corrected chi connectivity index (χ0v) is 19.0. The Labute approximate surface area is 188 Å². The number of benzene rings is 1. The van der Waals surface area contributed by atoms with Crippen LogP contribution in [0.1, 0.15) is 72.7 Å². The molecule has 2 amide bonds. The van der Waals surface area contributed by atoms with Gasteiger partial charge in [-0.1, -0.05) is 36.7 Å². The van der Waals surface area contributed by atoms with Crippen molar-refractivity contribution in [2.24, 2.45) is 0 Å². The average molecular weight is 442 g/mol. The fourth-order valence-corrected chi connectivity index (χ4v) is 5.17. The van der Waals surface area contributed by atoms with Crippen LogP contribution in [0.25, 0.3) is 0 Å². The molecule has 1 aromatic heterocycles. The Balaban J connectivity index is 1.29. The van der Waals surface area contributed by atoms with Crippen molar-refractivity contribution in [2.75, 3.05) is 19.3 Å². The molecule has 4 rings (SSSR count). The minimum atomic E-state index is -0.0725. The molecule has 2 heterocycles. The third-order valence-electron chi connectivity index (χ3n) is 6.20. The van der Waals surface area contributed by atoms with Crippen molar-refractivity contribution >= 4 is 23.6 Å². The second kappa shape index (κ2) is 10.3.